The van der Waals surface area contributed by atoms with Crippen LogP contribution in [0.25, 0.3) is 6.08 Å². The molecule has 0 aliphatic rings. The predicted molar refractivity (Wildman–Crippen MR) is 51.5 cm³/mol. The molecule has 0 radical (unpaired) electrons. The molecule has 0 aliphatic heterocycles. The molecule has 0 fully saturated rings. The second-order valence-corrected chi connectivity index (χ2v) is 3.85. The summed E-state index contributed by atoms with van der Waals surface area (Å²) in [6.45, 7) is -0.120. The molecule has 0 amide bonds. The zero-order valence-corrected chi connectivity index (χ0v) is 7.98. The zero-order chi connectivity index (χ0) is 10.4. The number of hydrogen-bond donors (Lipinski definition) is 0. The molecule has 5 heteroatoms. The molecule has 1 aromatic rings. The first-order valence-corrected chi connectivity index (χ1v) is 5.21. The highest BCUT2D eigenvalue weighted by Crippen LogP contribution is 2.03. The van der Waals surface area contributed by atoms with Gasteiger partial charge in [0.1, 0.15) is 0 Å². The van der Waals surface area contributed by atoms with Gasteiger partial charge in [0.2, 0.25) is 0 Å². The summed E-state index contributed by atoms with van der Waals surface area (Å²) in [5.41, 5.74) is 0.713. The van der Waals surface area contributed by atoms with Crippen molar-refractivity contribution in [2.24, 2.45) is 0 Å². The van der Waals surface area contributed by atoms with E-state index in [1.807, 2.05) is 6.07 Å². The lowest BCUT2D eigenvalue weighted by Gasteiger charge is -1.93. The topological polar surface area (TPSA) is 60.4 Å². The Balaban J connectivity index is 2.79. The lowest BCUT2D eigenvalue weighted by Crippen LogP contribution is -1.98. The summed E-state index contributed by atoms with van der Waals surface area (Å²) in [6.07, 6.45) is 1.35. The Morgan fingerprint density at radius 2 is 1.79 bits per heavy atom. The van der Waals surface area contributed by atoms with Crippen LogP contribution in [0, 0.1) is 0 Å². The van der Waals surface area contributed by atoms with Crippen LogP contribution in [-0.2, 0) is 19.1 Å². The molecular formula is C9H8O4S. The third-order valence-electron chi connectivity index (χ3n) is 1.40. The van der Waals surface area contributed by atoms with Crippen molar-refractivity contribution in [3.63, 3.8) is 0 Å². The van der Waals surface area contributed by atoms with Gasteiger partial charge in [0, 0.05) is 0 Å². The van der Waals surface area contributed by atoms with Crippen LogP contribution in [0.5, 0.6) is 0 Å². The lowest BCUT2D eigenvalue weighted by atomic mass is 10.2. The van der Waals surface area contributed by atoms with Gasteiger partial charge in [-0.1, -0.05) is 30.3 Å². The van der Waals surface area contributed by atoms with Crippen molar-refractivity contribution in [3.8, 4) is 0 Å². The standard InChI is InChI=1S/C9H8O4S/c10-8-13-14(11,12)7-6-9-4-2-1-3-5-9/h1-8H. The summed E-state index contributed by atoms with van der Waals surface area (Å²) in [5, 5.41) is 0.830. The fourth-order valence-corrected chi connectivity index (χ4v) is 1.31. The minimum Gasteiger partial charge on any atom is -0.345 e. The number of benzene rings is 1. The van der Waals surface area contributed by atoms with E-state index in [-0.39, 0.29) is 6.47 Å². The molecule has 0 aromatic heterocycles. The van der Waals surface area contributed by atoms with Gasteiger partial charge in [-0.15, -0.1) is 0 Å². The molecule has 0 aliphatic carbocycles. The molecule has 0 unspecified atom stereocenters. The molecular weight excluding hydrogens is 204 g/mol. The smallest absolute Gasteiger partial charge is 0.334 e. The highest BCUT2D eigenvalue weighted by molar-refractivity contribution is 7.90. The summed E-state index contributed by atoms with van der Waals surface area (Å²) in [4.78, 5) is 9.80. The van der Waals surface area contributed by atoms with Gasteiger partial charge >= 0.3 is 16.6 Å². The molecule has 1 aromatic carbocycles. The van der Waals surface area contributed by atoms with Crippen molar-refractivity contribution >= 4 is 22.7 Å². The van der Waals surface area contributed by atoms with E-state index in [9.17, 15) is 13.2 Å². The minimum absolute atomic E-state index is 0.120. The van der Waals surface area contributed by atoms with Crippen LogP contribution in [0.1, 0.15) is 5.56 Å². The van der Waals surface area contributed by atoms with E-state index >= 15 is 0 Å². The largest absolute Gasteiger partial charge is 0.345 e. The van der Waals surface area contributed by atoms with Gasteiger partial charge in [-0.25, -0.2) is 0 Å². The van der Waals surface area contributed by atoms with Crippen molar-refractivity contribution in [1.82, 2.24) is 0 Å². The quantitative estimate of drug-likeness (QED) is 0.555. The molecule has 74 valence electrons. The van der Waals surface area contributed by atoms with Crippen LogP contribution >= 0.6 is 0 Å². The molecule has 4 nitrogen and oxygen atoms in total. The fraction of sp³-hybridized carbons (Fsp3) is 0. The van der Waals surface area contributed by atoms with Gasteiger partial charge in [-0.2, -0.15) is 8.42 Å². The van der Waals surface area contributed by atoms with Gasteiger partial charge in [0.25, 0.3) is 0 Å². The first-order chi connectivity index (χ1) is 6.64. The monoisotopic (exact) mass is 212 g/mol. The van der Waals surface area contributed by atoms with Crippen LogP contribution in [0.4, 0.5) is 0 Å². The number of rotatable bonds is 4. The maximum Gasteiger partial charge on any atom is 0.334 e. The van der Waals surface area contributed by atoms with Gasteiger partial charge in [-0.05, 0) is 11.6 Å². The van der Waals surface area contributed by atoms with Crippen molar-refractivity contribution in [1.29, 1.82) is 0 Å². The zero-order valence-electron chi connectivity index (χ0n) is 7.16. The Labute approximate surface area is 81.9 Å². The molecule has 0 bridgehead atoms. The minimum atomic E-state index is -3.88. The van der Waals surface area contributed by atoms with Gasteiger partial charge in [-0.3, -0.25) is 4.79 Å². The highest BCUT2D eigenvalue weighted by Gasteiger charge is 2.03. The molecule has 0 heterocycles. The van der Waals surface area contributed by atoms with E-state index in [1.54, 1.807) is 24.3 Å². The first kappa shape index (κ1) is 10.5. The molecule has 0 atom stereocenters. The molecule has 0 spiro atoms. The summed E-state index contributed by atoms with van der Waals surface area (Å²) >= 11 is 0. The lowest BCUT2D eigenvalue weighted by molar-refractivity contribution is -0.120. The average Bonchev–Trinajstić information content (AvgIpc) is 2.17. The van der Waals surface area contributed by atoms with Crippen LogP contribution in [0.2, 0.25) is 0 Å². The third kappa shape index (κ3) is 3.40. The van der Waals surface area contributed by atoms with Crippen LogP contribution in [0.3, 0.4) is 0 Å². The number of carbonyl (C=O) groups excluding carboxylic acids is 1. The summed E-state index contributed by atoms with van der Waals surface area (Å²) in [5.74, 6) is 0. The molecule has 0 N–H and O–H groups in total. The van der Waals surface area contributed by atoms with Gasteiger partial charge in [0.05, 0.1) is 5.41 Å². The van der Waals surface area contributed by atoms with Crippen LogP contribution < -0.4 is 0 Å². The summed E-state index contributed by atoms with van der Waals surface area (Å²) < 4.78 is 25.6. The van der Waals surface area contributed by atoms with E-state index in [1.165, 1.54) is 6.08 Å². The predicted octanol–water partition coefficient (Wildman–Crippen LogP) is 1.16. The molecule has 14 heavy (non-hydrogen) atoms. The molecule has 1 rings (SSSR count). The SMILES string of the molecule is O=COS(=O)(=O)C=Cc1ccccc1. The van der Waals surface area contributed by atoms with Crippen molar-refractivity contribution in [3.05, 3.63) is 41.3 Å². The van der Waals surface area contributed by atoms with E-state index in [0.717, 1.165) is 5.41 Å². The Hall–Kier alpha value is -1.62. The number of hydrogen-bond acceptors (Lipinski definition) is 4. The van der Waals surface area contributed by atoms with E-state index in [2.05, 4.69) is 4.18 Å². The van der Waals surface area contributed by atoms with Crippen LogP contribution in [-0.4, -0.2) is 14.9 Å². The average molecular weight is 212 g/mol. The second-order valence-electron chi connectivity index (χ2n) is 2.40. The Morgan fingerprint density at radius 3 is 2.36 bits per heavy atom. The molecule has 0 saturated heterocycles. The Morgan fingerprint density at radius 1 is 1.14 bits per heavy atom. The second kappa shape index (κ2) is 4.57. The fourth-order valence-electron chi connectivity index (χ4n) is 0.813. The Bertz CT molecular complexity index is 419. The van der Waals surface area contributed by atoms with Crippen LogP contribution in [0.15, 0.2) is 35.7 Å². The number of carbonyl (C=O) groups is 1. The summed E-state index contributed by atoms with van der Waals surface area (Å²) in [6, 6.07) is 8.81. The van der Waals surface area contributed by atoms with Crippen molar-refractivity contribution in [2.75, 3.05) is 0 Å². The maximum absolute atomic E-state index is 10.9. The Kier molecular flexibility index (Phi) is 3.41. The van der Waals surface area contributed by atoms with E-state index < -0.39 is 10.1 Å². The van der Waals surface area contributed by atoms with E-state index in [0.29, 0.717) is 5.56 Å². The van der Waals surface area contributed by atoms with Gasteiger partial charge < -0.3 is 4.18 Å². The maximum atomic E-state index is 10.9. The van der Waals surface area contributed by atoms with Crippen molar-refractivity contribution < 1.29 is 17.4 Å². The molecule has 0 saturated carbocycles. The summed E-state index contributed by atoms with van der Waals surface area (Å²) in [7, 11) is -3.88. The highest BCUT2D eigenvalue weighted by atomic mass is 32.2. The third-order valence-corrected chi connectivity index (χ3v) is 2.22. The normalized spacial score (nSPS) is 11.4. The van der Waals surface area contributed by atoms with Gasteiger partial charge in [0.15, 0.2) is 0 Å². The van der Waals surface area contributed by atoms with E-state index in [4.69, 9.17) is 0 Å². The first-order valence-electron chi connectivity index (χ1n) is 3.74. The van der Waals surface area contributed by atoms with Crippen molar-refractivity contribution in [2.45, 2.75) is 0 Å².